The maximum atomic E-state index is 6.50. The Hall–Kier alpha value is -1.47. The van der Waals surface area contributed by atoms with Crippen molar-refractivity contribution < 1.29 is 4.74 Å². The highest BCUT2D eigenvalue weighted by atomic mass is 35.5. The average molecular weight is 357 g/mol. The van der Waals surface area contributed by atoms with E-state index in [4.69, 9.17) is 16.3 Å². The lowest BCUT2D eigenvalue weighted by Crippen LogP contribution is -2.19. The Balaban J connectivity index is 1.79. The van der Waals surface area contributed by atoms with Crippen LogP contribution in [0.5, 0.6) is 5.75 Å². The summed E-state index contributed by atoms with van der Waals surface area (Å²) < 4.78 is 5.25. The van der Waals surface area contributed by atoms with Crippen LogP contribution in [-0.2, 0) is 6.42 Å². The number of rotatable bonds is 5. The third-order valence-corrected chi connectivity index (χ3v) is 6.08. The average Bonchev–Trinajstić information content (AvgIpc) is 2.63. The first-order valence-electron chi connectivity index (χ1n) is 9.50. The molecule has 2 aromatic carbocycles. The van der Waals surface area contributed by atoms with Gasteiger partial charge in [0.15, 0.2) is 0 Å². The zero-order valence-electron chi connectivity index (χ0n) is 15.6. The first kappa shape index (κ1) is 18.3. The highest BCUT2D eigenvalue weighted by molar-refractivity contribution is 6.31. The summed E-state index contributed by atoms with van der Waals surface area (Å²) in [5.41, 5.74) is 3.97. The topological polar surface area (TPSA) is 9.23 Å². The number of hydrogen-bond donors (Lipinski definition) is 0. The van der Waals surface area contributed by atoms with E-state index in [1.807, 2.05) is 12.1 Å². The summed E-state index contributed by atoms with van der Waals surface area (Å²) in [6.45, 7) is 4.74. The van der Waals surface area contributed by atoms with Crippen LogP contribution >= 0.6 is 11.6 Å². The zero-order valence-corrected chi connectivity index (χ0v) is 16.4. The molecule has 0 radical (unpaired) electrons. The molecule has 0 aromatic heterocycles. The van der Waals surface area contributed by atoms with Crippen molar-refractivity contribution in [3.05, 3.63) is 64.2 Å². The van der Waals surface area contributed by atoms with Gasteiger partial charge in [0.25, 0.3) is 0 Å². The van der Waals surface area contributed by atoms with Crippen LogP contribution in [0.2, 0.25) is 5.02 Å². The van der Waals surface area contributed by atoms with E-state index in [1.165, 1.54) is 42.4 Å². The maximum Gasteiger partial charge on any atom is 0.118 e. The van der Waals surface area contributed by atoms with Gasteiger partial charge in [0.05, 0.1) is 7.11 Å². The molecule has 3 rings (SSSR count). The van der Waals surface area contributed by atoms with E-state index in [-0.39, 0.29) is 0 Å². The second-order valence-electron chi connectivity index (χ2n) is 7.66. The van der Waals surface area contributed by atoms with E-state index in [0.717, 1.165) is 29.0 Å². The van der Waals surface area contributed by atoms with Crippen LogP contribution in [-0.4, -0.2) is 7.11 Å². The molecule has 0 spiro atoms. The molecule has 0 saturated heterocycles. The SMILES string of the molecule is CCC1CC(C)CC(c2ccc(Cl)c(Cc3ccc(OC)cc3)c2)C1. The van der Waals surface area contributed by atoms with Crippen molar-refractivity contribution in [3.8, 4) is 5.75 Å². The summed E-state index contributed by atoms with van der Waals surface area (Å²) >= 11 is 6.50. The van der Waals surface area contributed by atoms with Crippen LogP contribution in [0.15, 0.2) is 42.5 Å². The van der Waals surface area contributed by atoms with E-state index >= 15 is 0 Å². The lowest BCUT2D eigenvalue weighted by molar-refractivity contribution is 0.247. The summed E-state index contributed by atoms with van der Waals surface area (Å²) in [4.78, 5) is 0. The minimum absolute atomic E-state index is 0.681. The Morgan fingerprint density at radius 2 is 1.80 bits per heavy atom. The summed E-state index contributed by atoms with van der Waals surface area (Å²) in [5.74, 6) is 3.27. The molecule has 134 valence electrons. The Kier molecular flexibility index (Phi) is 6.06. The second-order valence-corrected chi connectivity index (χ2v) is 8.07. The van der Waals surface area contributed by atoms with Crippen LogP contribution in [0.4, 0.5) is 0 Å². The fraction of sp³-hybridized carbons (Fsp3) is 0.478. The predicted octanol–water partition coefficient (Wildman–Crippen LogP) is 6.87. The van der Waals surface area contributed by atoms with Gasteiger partial charge in [0.2, 0.25) is 0 Å². The first-order chi connectivity index (χ1) is 12.1. The number of methoxy groups -OCH3 is 1. The Labute approximate surface area is 157 Å². The minimum atomic E-state index is 0.681. The molecule has 0 heterocycles. The van der Waals surface area contributed by atoms with Crippen LogP contribution in [0, 0.1) is 11.8 Å². The fourth-order valence-corrected chi connectivity index (χ4v) is 4.48. The van der Waals surface area contributed by atoms with Gasteiger partial charge >= 0.3 is 0 Å². The normalized spacial score (nSPS) is 23.4. The van der Waals surface area contributed by atoms with Gasteiger partial charge in [-0.15, -0.1) is 0 Å². The summed E-state index contributed by atoms with van der Waals surface area (Å²) in [5, 5.41) is 0.871. The van der Waals surface area contributed by atoms with E-state index in [9.17, 15) is 0 Å². The molecule has 1 saturated carbocycles. The highest BCUT2D eigenvalue weighted by Crippen LogP contribution is 2.41. The largest absolute Gasteiger partial charge is 0.497 e. The Bertz CT molecular complexity index is 692. The van der Waals surface area contributed by atoms with E-state index in [2.05, 4.69) is 44.2 Å². The second kappa shape index (κ2) is 8.27. The van der Waals surface area contributed by atoms with Gasteiger partial charge in [-0.05, 0) is 78.3 Å². The molecule has 2 heteroatoms. The van der Waals surface area contributed by atoms with E-state index in [0.29, 0.717) is 5.92 Å². The van der Waals surface area contributed by atoms with Gasteiger partial charge in [-0.1, -0.05) is 56.1 Å². The quantitative estimate of drug-likeness (QED) is 0.568. The van der Waals surface area contributed by atoms with Crippen LogP contribution < -0.4 is 4.74 Å². The lowest BCUT2D eigenvalue weighted by atomic mass is 9.72. The highest BCUT2D eigenvalue weighted by Gasteiger charge is 2.26. The van der Waals surface area contributed by atoms with Crippen molar-refractivity contribution in [2.24, 2.45) is 11.8 Å². The van der Waals surface area contributed by atoms with Gasteiger partial charge in [0, 0.05) is 5.02 Å². The van der Waals surface area contributed by atoms with Crippen LogP contribution in [0.25, 0.3) is 0 Å². The summed E-state index contributed by atoms with van der Waals surface area (Å²) in [7, 11) is 1.70. The third kappa shape index (κ3) is 4.58. The van der Waals surface area contributed by atoms with Gasteiger partial charge in [0.1, 0.15) is 5.75 Å². The Morgan fingerprint density at radius 3 is 2.48 bits per heavy atom. The molecule has 3 unspecified atom stereocenters. The van der Waals surface area contributed by atoms with Crippen molar-refractivity contribution in [1.29, 1.82) is 0 Å². The van der Waals surface area contributed by atoms with Crippen molar-refractivity contribution in [2.75, 3.05) is 7.11 Å². The van der Waals surface area contributed by atoms with Gasteiger partial charge in [-0.3, -0.25) is 0 Å². The van der Waals surface area contributed by atoms with E-state index < -0.39 is 0 Å². The molecule has 0 bridgehead atoms. The molecule has 25 heavy (non-hydrogen) atoms. The van der Waals surface area contributed by atoms with Crippen molar-refractivity contribution in [1.82, 2.24) is 0 Å². The van der Waals surface area contributed by atoms with Crippen LogP contribution in [0.3, 0.4) is 0 Å². The molecule has 1 aliphatic rings. The molecule has 1 aliphatic carbocycles. The van der Waals surface area contributed by atoms with Crippen molar-refractivity contribution >= 4 is 11.6 Å². The number of halogens is 1. The van der Waals surface area contributed by atoms with Gasteiger partial charge < -0.3 is 4.74 Å². The van der Waals surface area contributed by atoms with Crippen molar-refractivity contribution in [2.45, 2.75) is 51.9 Å². The molecule has 0 aliphatic heterocycles. The molecule has 1 nitrogen and oxygen atoms in total. The molecule has 0 amide bonds. The number of ether oxygens (including phenoxy) is 1. The number of hydrogen-bond acceptors (Lipinski definition) is 1. The van der Waals surface area contributed by atoms with Crippen LogP contribution in [0.1, 0.15) is 62.1 Å². The smallest absolute Gasteiger partial charge is 0.118 e. The molecular weight excluding hydrogens is 328 g/mol. The molecular formula is C23H29ClO. The lowest BCUT2D eigenvalue weighted by Gasteiger charge is -2.33. The maximum absolute atomic E-state index is 6.50. The van der Waals surface area contributed by atoms with Gasteiger partial charge in [-0.25, -0.2) is 0 Å². The third-order valence-electron chi connectivity index (χ3n) is 5.71. The summed E-state index contributed by atoms with van der Waals surface area (Å²) in [6.07, 6.45) is 6.19. The molecule has 1 fully saturated rings. The zero-order chi connectivity index (χ0) is 17.8. The molecule has 3 atom stereocenters. The first-order valence-corrected chi connectivity index (χ1v) is 9.88. The van der Waals surface area contributed by atoms with E-state index in [1.54, 1.807) is 7.11 Å². The molecule has 2 aromatic rings. The predicted molar refractivity (Wildman–Crippen MR) is 107 cm³/mol. The minimum Gasteiger partial charge on any atom is -0.497 e. The standard InChI is InChI=1S/C23H29ClO/c1-4-17-11-16(2)12-20(13-17)19-7-10-23(24)21(15-19)14-18-5-8-22(25-3)9-6-18/h5-10,15-17,20H,4,11-14H2,1-3H3. The Morgan fingerprint density at radius 1 is 1.04 bits per heavy atom. The monoisotopic (exact) mass is 356 g/mol. The van der Waals surface area contributed by atoms with Gasteiger partial charge in [-0.2, -0.15) is 0 Å². The van der Waals surface area contributed by atoms with Crippen molar-refractivity contribution in [3.63, 3.8) is 0 Å². The fourth-order valence-electron chi connectivity index (χ4n) is 4.30. The molecule has 0 N–H and O–H groups in total. The number of benzene rings is 2. The summed E-state index contributed by atoms with van der Waals surface area (Å²) in [6, 6.07) is 15.0.